The fraction of sp³-hybridized carbons (Fsp3) is 0.429. The molecule has 1 aromatic carbocycles. The van der Waals surface area contributed by atoms with Crippen LogP contribution in [0.1, 0.15) is 28.7 Å². The van der Waals surface area contributed by atoms with Crippen LogP contribution in [0, 0.1) is 11.8 Å². The number of anilines is 1. The Morgan fingerprint density at radius 1 is 1.11 bits per heavy atom. The fourth-order valence-corrected chi connectivity index (χ4v) is 1.27. The maximum Gasteiger partial charge on any atom is 0.307 e. The van der Waals surface area contributed by atoms with Crippen LogP contribution in [0.3, 0.4) is 0 Å². The number of para-hydroxylation sites is 2. The van der Waals surface area contributed by atoms with Crippen molar-refractivity contribution in [1.82, 2.24) is 0 Å². The summed E-state index contributed by atoms with van der Waals surface area (Å²) in [6, 6.07) is 6.29. The normalized spacial score (nSPS) is 12.3. The molecule has 0 aromatic heterocycles. The highest BCUT2D eigenvalue weighted by Gasteiger charge is 2.26. The number of hydrogen-bond donors (Lipinski definition) is 3. The van der Waals surface area contributed by atoms with E-state index in [1.54, 1.807) is 18.2 Å². The second-order valence-corrected chi connectivity index (χ2v) is 3.92. The molecule has 5 heteroatoms. The van der Waals surface area contributed by atoms with Crippen molar-refractivity contribution in [1.29, 1.82) is 0 Å². The molecule has 19 heavy (non-hydrogen) atoms. The van der Waals surface area contributed by atoms with Gasteiger partial charge in [-0.15, -0.1) is 0 Å². The second kappa shape index (κ2) is 8.13. The SMILES string of the molecule is C.C.CC(C(=O)O)C(C)C(=O)Nc1ccccc1O. The molecule has 0 aliphatic carbocycles. The molecule has 0 spiro atoms. The Balaban J connectivity index is 0. The molecule has 0 aliphatic rings. The topological polar surface area (TPSA) is 86.6 Å². The molecule has 0 aliphatic heterocycles. The van der Waals surface area contributed by atoms with Gasteiger partial charge in [0.1, 0.15) is 5.75 Å². The third kappa shape index (κ3) is 4.99. The van der Waals surface area contributed by atoms with E-state index in [1.807, 2.05) is 0 Å². The number of phenols is 1. The smallest absolute Gasteiger partial charge is 0.307 e. The first-order valence-corrected chi connectivity index (χ1v) is 5.25. The molecule has 0 saturated carbocycles. The summed E-state index contributed by atoms with van der Waals surface area (Å²) in [6.45, 7) is 3.01. The van der Waals surface area contributed by atoms with Crippen LogP contribution in [0.2, 0.25) is 0 Å². The predicted octanol–water partition coefficient (Wildman–Crippen LogP) is 2.96. The van der Waals surface area contributed by atoms with Crippen LogP contribution in [0.4, 0.5) is 5.69 Å². The van der Waals surface area contributed by atoms with Crippen molar-refractivity contribution in [3.8, 4) is 5.75 Å². The Labute approximate surface area is 114 Å². The van der Waals surface area contributed by atoms with Crippen LogP contribution in [0.5, 0.6) is 5.75 Å². The standard InChI is InChI=1S/C12H15NO4.2CH4/c1-7(8(2)12(16)17)11(15)13-9-5-3-4-6-10(9)14;;/h3-8,14H,1-2H3,(H,13,15)(H,16,17);2*1H4. The van der Waals surface area contributed by atoms with Crippen LogP contribution in [0.15, 0.2) is 24.3 Å². The fourth-order valence-electron chi connectivity index (χ4n) is 1.27. The number of rotatable bonds is 4. The van der Waals surface area contributed by atoms with Gasteiger partial charge in [0, 0.05) is 5.92 Å². The van der Waals surface area contributed by atoms with E-state index >= 15 is 0 Å². The third-order valence-corrected chi connectivity index (χ3v) is 2.72. The first-order chi connectivity index (χ1) is 7.93. The van der Waals surface area contributed by atoms with Gasteiger partial charge in [-0.2, -0.15) is 0 Å². The lowest BCUT2D eigenvalue weighted by molar-refractivity contribution is -0.145. The zero-order valence-electron chi connectivity index (χ0n) is 9.68. The molecule has 0 bridgehead atoms. The van der Waals surface area contributed by atoms with Crippen LogP contribution in [-0.4, -0.2) is 22.1 Å². The largest absolute Gasteiger partial charge is 0.506 e. The zero-order valence-corrected chi connectivity index (χ0v) is 9.68. The number of hydrogen-bond acceptors (Lipinski definition) is 3. The van der Waals surface area contributed by atoms with Gasteiger partial charge >= 0.3 is 5.97 Å². The summed E-state index contributed by atoms with van der Waals surface area (Å²) in [6.07, 6.45) is 0. The molecule has 3 N–H and O–H groups in total. The molecule has 1 aromatic rings. The minimum absolute atomic E-state index is 0. The number of carboxylic acid groups (broad SMARTS) is 1. The average molecular weight is 269 g/mol. The molecular weight excluding hydrogens is 246 g/mol. The number of carbonyl (C=O) groups is 2. The summed E-state index contributed by atoms with van der Waals surface area (Å²) in [5.41, 5.74) is 0.280. The lowest BCUT2D eigenvalue weighted by Crippen LogP contribution is -2.29. The van der Waals surface area contributed by atoms with Gasteiger partial charge < -0.3 is 15.5 Å². The molecule has 2 atom stereocenters. The highest BCUT2D eigenvalue weighted by molar-refractivity contribution is 5.95. The lowest BCUT2D eigenvalue weighted by Gasteiger charge is -2.16. The quantitative estimate of drug-likeness (QED) is 0.733. The van der Waals surface area contributed by atoms with E-state index in [9.17, 15) is 14.7 Å². The molecule has 0 radical (unpaired) electrons. The summed E-state index contributed by atoms with van der Waals surface area (Å²) in [7, 11) is 0. The summed E-state index contributed by atoms with van der Waals surface area (Å²) < 4.78 is 0. The Morgan fingerprint density at radius 3 is 2.11 bits per heavy atom. The predicted molar refractivity (Wildman–Crippen MR) is 76.2 cm³/mol. The van der Waals surface area contributed by atoms with Crippen molar-refractivity contribution in [2.45, 2.75) is 28.7 Å². The van der Waals surface area contributed by atoms with Gasteiger partial charge in [-0.1, -0.05) is 40.8 Å². The maximum atomic E-state index is 11.7. The molecule has 1 rings (SSSR count). The van der Waals surface area contributed by atoms with Crippen LogP contribution in [0.25, 0.3) is 0 Å². The van der Waals surface area contributed by atoms with Gasteiger partial charge in [0.15, 0.2) is 0 Å². The Kier molecular flexibility index (Phi) is 8.26. The Bertz CT molecular complexity index is 431. The molecule has 2 unspecified atom stereocenters. The number of phenolic OH excluding ortho intramolecular Hbond substituents is 1. The van der Waals surface area contributed by atoms with E-state index in [1.165, 1.54) is 19.9 Å². The molecule has 5 nitrogen and oxygen atoms in total. The minimum atomic E-state index is -1.02. The average Bonchev–Trinajstić information content (AvgIpc) is 2.30. The van der Waals surface area contributed by atoms with E-state index < -0.39 is 23.7 Å². The van der Waals surface area contributed by atoms with Gasteiger partial charge in [0.25, 0.3) is 0 Å². The van der Waals surface area contributed by atoms with E-state index in [2.05, 4.69) is 5.32 Å². The summed E-state index contributed by atoms with van der Waals surface area (Å²) in [4.78, 5) is 22.5. The third-order valence-electron chi connectivity index (χ3n) is 2.72. The van der Waals surface area contributed by atoms with Gasteiger partial charge in [0.05, 0.1) is 11.6 Å². The van der Waals surface area contributed by atoms with Crippen LogP contribution >= 0.6 is 0 Å². The van der Waals surface area contributed by atoms with Crippen LogP contribution < -0.4 is 5.32 Å². The first-order valence-electron chi connectivity index (χ1n) is 5.25. The van der Waals surface area contributed by atoms with Crippen molar-refractivity contribution >= 4 is 17.6 Å². The van der Waals surface area contributed by atoms with Crippen molar-refractivity contribution in [2.24, 2.45) is 11.8 Å². The van der Waals surface area contributed by atoms with E-state index in [4.69, 9.17) is 5.11 Å². The Morgan fingerprint density at radius 2 is 1.63 bits per heavy atom. The number of aromatic hydroxyl groups is 1. The first kappa shape index (κ1) is 19.3. The molecule has 0 fully saturated rings. The number of benzene rings is 1. The van der Waals surface area contributed by atoms with Gasteiger partial charge in [-0.05, 0) is 12.1 Å². The summed E-state index contributed by atoms with van der Waals surface area (Å²) in [5, 5.41) is 20.7. The van der Waals surface area contributed by atoms with Crippen molar-refractivity contribution in [3.05, 3.63) is 24.3 Å². The molecule has 0 heterocycles. The van der Waals surface area contributed by atoms with Gasteiger partial charge in [0.2, 0.25) is 5.91 Å². The zero-order chi connectivity index (χ0) is 13.0. The van der Waals surface area contributed by atoms with Gasteiger partial charge in [-0.3, -0.25) is 9.59 Å². The van der Waals surface area contributed by atoms with Crippen LogP contribution in [-0.2, 0) is 9.59 Å². The van der Waals surface area contributed by atoms with Crippen molar-refractivity contribution < 1.29 is 19.8 Å². The number of amides is 1. The van der Waals surface area contributed by atoms with Crippen molar-refractivity contribution in [3.63, 3.8) is 0 Å². The number of carboxylic acids is 1. The lowest BCUT2D eigenvalue weighted by atomic mass is 9.95. The number of aliphatic carboxylic acids is 1. The summed E-state index contributed by atoms with van der Waals surface area (Å²) in [5.74, 6) is -2.95. The minimum Gasteiger partial charge on any atom is -0.506 e. The number of nitrogens with one attached hydrogen (secondary N) is 1. The highest BCUT2D eigenvalue weighted by atomic mass is 16.4. The molecule has 1 amide bonds. The maximum absolute atomic E-state index is 11.7. The van der Waals surface area contributed by atoms with Gasteiger partial charge in [-0.25, -0.2) is 0 Å². The van der Waals surface area contributed by atoms with E-state index in [0.717, 1.165) is 0 Å². The molecule has 0 saturated heterocycles. The monoisotopic (exact) mass is 269 g/mol. The summed E-state index contributed by atoms with van der Waals surface area (Å²) >= 11 is 0. The Hall–Kier alpha value is -2.04. The highest BCUT2D eigenvalue weighted by Crippen LogP contribution is 2.23. The van der Waals surface area contributed by atoms with E-state index in [0.29, 0.717) is 0 Å². The number of carbonyl (C=O) groups excluding carboxylic acids is 1. The molecular formula is C14H23NO4. The van der Waals surface area contributed by atoms with Crippen molar-refractivity contribution in [2.75, 3.05) is 5.32 Å². The second-order valence-electron chi connectivity index (χ2n) is 3.92. The molecule has 108 valence electrons. The van der Waals surface area contributed by atoms with E-state index in [-0.39, 0.29) is 26.3 Å².